The number of hydrogen-bond acceptors (Lipinski definition) is 5. The van der Waals surface area contributed by atoms with Gasteiger partial charge in [-0.15, -0.1) is 11.3 Å². The molecule has 6 nitrogen and oxygen atoms in total. The normalized spacial score (nSPS) is 20.5. The van der Waals surface area contributed by atoms with E-state index in [-0.39, 0.29) is 0 Å². The maximum atomic E-state index is 11.0. The van der Waals surface area contributed by atoms with Gasteiger partial charge in [-0.2, -0.15) is 0 Å². The zero-order valence-electron chi connectivity index (χ0n) is 17.0. The Hall–Kier alpha value is -2.22. The third kappa shape index (κ3) is 5.68. The minimum absolute atomic E-state index is 0.622. The largest absolute Gasteiger partial charge is 0.473 e. The molecule has 1 unspecified atom stereocenters. The SMILES string of the molecule is O=C(O)C(=O)O.OC1(c2ccccc2)CCN(CCC2CCCc3sccc32)CC1. The highest BCUT2D eigenvalue weighted by atomic mass is 32.1. The van der Waals surface area contributed by atoms with Crippen LogP contribution >= 0.6 is 11.3 Å². The van der Waals surface area contributed by atoms with E-state index in [1.165, 1.54) is 32.2 Å². The van der Waals surface area contributed by atoms with Crippen molar-refractivity contribution in [2.24, 2.45) is 0 Å². The molecule has 2 aliphatic rings. The van der Waals surface area contributed by atoms with E-state index in [0.29, 0.717) is 0 Å². The molecular formula is C23H29NO5S. The fourth-order valence-electron chi connectivity index (χ4n) is 4.40. The molecule has 7 heteroatoms. The topological polar surface area (TPSA) is 98.1 Å². The number of fused-ring (bicyclic) bond motifs is 1. The first-order chi connectivity index (χ1) is 14.4. The molecule has 0 spiro atoms. The van der Waals surface area contributed by atoms with Crippen LogP contribution in [0, 0.1) is 0 Å². The molecule has 1 aliphatic heterocycles. The van der Waals surface area contributed by atoms with Gasteiger partial charge >= 0.3 is 11.9 Å². The number of thiophene rings is 1. The summed E-state index contributed by atoms with van der Waals surface area (Å²) >= 11 is 1.94. The van der Waals surface area contributed by atoms with Gasteiger partial charge < -0.3 is 20.2 Å². The van der Waals surface area contributed by atoms with Crippen LogP contribution in [-0.4, -0.2) is 51.8 Å². The smallest absolute Gasteiger partial charge is 0.414 e. The van der Waals surface area contributed by atoms with Crippen molar-refractivity contribution >= 4 is 23.3 Å². The Balaban J connectivity index is 0.000000377. The summed E-state index contributed by atoms with van der Waals surface area (Å²) in [6.45, 7) is 3.19. The van der Waals surface area contributed by atoms with E-state index in [4.69, 9.17) is 19.8 Å². The van der Waals surface area contributed by atoms with Crippen LogP contribution in [0.5, 0.6) is 0 Å². The Morgan fingerprint density at radius 1 is 1.07 bits per heavy atom. The molecule has 1 saturated heterocycles. The van der Waals surface area contributed by atoms with Crippen LogP contribution in [0.25, 0.3) is 0 Å². The second-order valence-electron chi connectivity index (χ2n) is 8.03. The maximum absolute atomic E-state index is 11.0. The van der Waals surface area contributed by atoms with Gasteiger partial charge in [0.25, 0.3) is 0 Å². The molecule has 1 aromatic heterocycles. The lowest BCUT2D eigenvalue weighted by Crippen LogP contribution is -2.43. The second kappa shape index (κ2) is 10.2. The minimum Gasteiger partial charge on any atom is -0.473 e. The van der Waals surface area contributed by atoms with E-state index in [1.807, 2.05) is 29.5 Å². The molecule has 1 fully saturated rings. The monoisotopic (exact) mass is 431 g/mol. The molecule has 0 amide bonds. The number of aryl methyl sites for hydroxylation is 1. The summed E-state index contributed by atoms with van der Waals surface area (Å²) in [4.78, 5) is 22.4. The lowest BCUT2D eigenvalue weighted by molar-refractivity contribution is -0.159. The Labute approximate surface area is 180 Å². The number of likely N-dealkylation sites (tertiary alicyclic amines) is 1. The number of piperidine rings is 1. The van der Waals surface area contributed by atoms with Gasteiger partial charge in [-0.25, -0.2) is 9.59 Å². The van der Waals surface area contributed by atoms with Crippen LogP contribution in [0.4, 0.5) is 0 Å². The summed E-state index contributed by atoms with van der Waals surface area (Å²) < 4.78 is 0. The van der Waals surface area contributed by atoms with E-state index in [2.05, 4.69) is 28.5 Å². The average Bonchev–Trinajstić information content (AvgIpc) is 3.24. The number of carbonyl (C=O) groups is 2. The van der Waals surface area contributed by atoms with Crippen LogP contribution in [0.2, 0.25) is 0 Å². The number of aliphatic hydroxyl groups is 1. The van der Waals surface area contributed by atoms with Crippen molar-refractivity contribution in [3.8, 4) is 0 Å². The van der Waals surface area contributed by atoms with Crippen molar-refractivity contribution < 1.29 is 24.9 Å². The van der Waals surface area contributed by atoms with E-state index >= 15 is 0 Å². The third-order valence-corrected chi connectivity index (χ3v) is 7.14. The van der Waals surface area contributed by atoms with Gasteiger partial charge in [-0.05, 0) is 73.6 Å². The van der Waals surface area contributed by atoms with Gasteiger partial charge in [-0.1, -0.05) is 30.3 Å². The summed E-state index contributed by atoms with van der Waals surface area (Å²) in [5, 5.41) is 28.0. The predicted octanol–water partition coefficient (Wildman–Crippen LogP) is 3.70. The fourth-order valence-corrected chi connectivity index (χ4v) is 5.42. The van der Waals surface area contributed by atoms with Crippen molar-refractivity contribution in [3.05, 3.63) is 57.8 Å². The molecule has 3 N–H and O–H groups in total. The maximum Gasteiger partial charge on any atom is 0.414 e. The Bertz CT molecular complexity index is 830. The summed E-state index contributed by atoms with van der Waals surface area (Å²) in [6.07, 6.45) is 6.97. The van der Waals surface area contributed by atoms with Crippen molar-refractivity contribution in [3.63, 3.8) is 0 Å². The molecule has 0 bridgehead atoms. The van der Waals surface area contributed by atoms with E-state index in [1.54, 1.807) is 10.4 Å². The molecule has 0 saturated carbocycles. The van der Waals surface area contributed by atoms with Gasteiger partial charge in [-0.3, -0.25) is 0 Å². The molecule has 30 heavy (non-hydrogen) atoms. The molecule has 1 atom stereocenters. The van der Waals surface area contributed by atoms with Crippen LogP contribution < -0.4 is 0 Å². The molecular weight excluding hydrogens is 402 g/mol. The standard InChI is InChI=1S/C21H27NOS.C2H2O4/c23-21(18-6-2-1-3-7-18)11-14-22(15-12-21)13-9-17-5-4-8-20-19(17)10-16-24-20;3-1(4)2(5)6/h1-3,6-7,10,16-17,23H,4-5,8-9,11-15H2;(H,3,4)(H,5,6). The van der Waals surface area contributed by atoms with Gasteiger partial charge in [0.2, 0.25) is 0 Å². The van der Waals surface area contributed by atoms with Crippen LogP contribution in [-0.2, 0) is 21.6 Å². The Morgan fingerprint density at radius 2 is 1.73 bits per heavy atom. The van der Waals surface area contributed by atoms with Gasteiger partial charge in [0.05, 0.1) is 5.60 Å². The number of carboxylic acid groups (broad SMARTS) is 2. The van der Waals surface area contributed by atoms with Crippen molar-refractivity contribution in [1.82, 2.24) is 4.90 Å². The lowest BCUT2D eigenvalue weighted by Gasteiger charge is -2.39. The molecule has 0 radical (unpaired) electrons. The van der Waals surface area contributed by atoms with Crippen LogP contribution in [0.1, 0.15) is 54.0 Å². The number of nitrogens with zero attached hydrogens (tertiary/aromatic N) is 1. The van der Waals surface area contributed by atoms with E-state index in [0.717, 1.165) is 37.4 Å². The predicted molar refractivity (Wildman–Crippen MR) is 116 cm³/mol. The highest BCUT2D eigenvalue weighted by molar-refractivity contribution is 7.10. The minimum atomic E-state index is -1.82. The third-order valence-electron chi connectivity index (χ3n) is 6.15. The number of carboxylic acids is 2. The van der Waals surface area contributed by atoms with Gasteiger partial charge in [0, 0.05) is 18.0 Å². The fraction of sp³-hybridized carbons (Fsp3) is 0.478. The molecule has 4 rings (SSSR count). The zero-order chi connectivity index (χ0) is 21.6. The molecule has 2 aromatic rings. The van der Waals surface area contributed by atoms with E-state index < -0.39 is 17.5 Å². The quantitative estimate of drug-likeness (QED) is 0.639. The van der Waals surface area contributed by atoms with Crippen LogP contribution in [0.3, 0.4) is 0 Å². The Morgan fingerprint density at radius 3 is 2.37 bits per heavy atom. The lowest BCUT2D eigenvalue weighted by atomic mass is 9.83. The summed E-state index contributed by atoms with van der Waals surface area (Å²) in [5.74, 6) is -2.89. The first-order valence-corrected chi connectivity index (χ1v) is 11.3. The van der Waals surface area contributed by atoms with Gasteiger partial charge in [0.1, 0.15) is 0 Å². The molecule has 2 heterocycles. The van der Waals surface area contributed by atoms with Crippen molar-refractivity contribution in [2.45, 2.75) is 50.0 Å². The highest BCUT2D eigenvalue weighted by Gasteiger charge is 2.34. The molecule has 1 aromatic carbocycles. The molecule has 1 aliphatic carbocycles. The first-order valence-electron chi connectivity index (χ1n) is 10.4. The number of aliphatic carboxylic acids is 2. The number of rotatable bonds is 4. The second-order valence-corrected chi connectivity index (χ2v) is 9.03. The number of hydrogen-bond donors (Lipinski definition) is 3. The Kier molecular flexibility index (Phi) is 7.64. The molecule has 162 valence electrons. The summed E-state index contributed by atoms with van der Waals surface area (Å²) in [7, 11) is 0. The van der Waals surface area contributed by atoms with Crippen molar-refractivity contribution in [1.29, 1.82) is 0 Å². The van der Waals surface area contributed by atoms with Crippen LogP contribution in [0.15, 0.2) is 41.8 Å². The van der Waals surface area contributed by atoms with Gasteiger partial charge in [0.15, 0.2) is 0 Å². The average molecular weight is 432 g/mol. The number of benzene rings is 1. The first kappa shape index (κ1) is 22.5. The zero-order valence-corrected chi connectivity index (χ0v) is 17.8. The summed E-state index contributed by atoms with van der Waals surface area (Å²) in [6, 6.07) is 12.6. The highest BCUT2D eigenvalue weighted by Crippen LogP contribution is 2.38. The van der Waals surface area contributed by atoms with Crippen molar-refractivity contribution in [2.75, 3.05) is 19.6 Å². The van der Waals surface area contributed by atoms with E-state index in [9.17, 15) is 5.11 Å². The summed E-state index contributed by atoms with van der Waals surface area (Å²) in [5.41, 5.74) is 2.09.